The van der Waals surface area contributed by atoms with Crippen molar-refractivity contribution in [2.45, 2.75) is 26.2 Å². The van der Waals surface area contributed by atoms with Crippen molar-refractivity contribution < 1.29 is 4.79 Å². The smallest absolute Gasteiger partial charge is 0.317 e. The van der Waals surface area contributed by atoms with Crippen molar-refractivity contribution in [3.05, 3.63) is 36.0 Å². The number of piperidine rings is 1. The number of aromatic amines is 1. The largest absolute Gasteiger partial charge is 0.361 e. The maximum atomic E-state index is 12.1. The summed E-state index contributed by atoms with van der Waals surface area (Å²) in [6.07, 6.45) is 5.14. The predicted molar refractivity (Wildman–Crippen MR) is 85.4 cm³/mol. The molecule has 2 aromatic rings. The average molecular weight is 285 g/mol. The molecule has 1 aliphatic heterocycles. The number of nitrogens with one attached hydrogen (secondary N) is 2. The molecule has 1 aromatic carbocycles. The van der Waals surface area contributed by atoms with E-state index in [2.05, 4.69) is 29.4 Å². The average Bonchev–Trinajstić information content (AvgIpc) is 2.91. The first-order valence-corrected chi connectivity index (χ1v) is 7.82. The highest BCUT2D eigenvalue weighted by Crippen LogP contribution is 2.18. The number of aromatic nitrogens is 1. The number of para-hydroxylation sites is 1. The molecule has 0 saturated carbocycles. The van der Waals surface area contributed by atoms with Gasteiger partial charge in [-0.1, -0.05) is 25.1 Å². The lowest BCUT2D eigenvalue weighted by atomic mass is 10.00. The predicted octanol–water partition coefficient (Wildman–Crippen LogP) is 3.15. The van der Waals surface area contributed by atoms with Crippen LogP contribution in [0.2, 0.25) is 0 Å². The lowest BCUT2D eigenvalue weighted by Gasteiger charge is -2.30. The number of nitrogens with zero attached hydrogens (tertiary/aromatic N) is 1. The summed E-state index contributed by atoms with van der Waals surface area (Å²) < 4.78 is 0. The third-order valence-corrected chi connectivity index (χ3v) is 4.42. The van der Waals surface area contributed by atoms with Gasteiger partial charge in [0.05, 0.1) is 0 Å². The van der Waals surface area contributed by atoms with E-state index in [4.69, 9.17) is 0 Å². The van der Waals surface area contributed by atoms with Gasteiger partial charge in [0.1, 0.15) is 0 Å². The van der Waals surface area contributed by atoms with Crippen LogP contribution in [0.5, 0.6) is 0 Å². The van der Waals surface area contributed by atoms with Crippen LogP contribution in [0.15, 0.2) is 30.5 Å². The summed E-state index contributed by atoms with van der Waals surface area (Å²) in [6.45, 7) is 4.72. The van der Waals surface area contributed by atoms with E-state index in [9.17, 15) is 4.79 Å². The van der Waals surface area contributed by atoms with Gasteiger partial charge in [-0.2, -0.15) is 0 Å². The van der Waals surface area contributed by atoms with Gasteiger partial charge in [0.2, 0.25) is 0 Å². The molecule has 2 amide bonds. The fourth-order valence-electron chi connectivity index (χ4n) is 2.97. The second-order valence-electron chi connectivity index (χ2n) is 6.01. The Kier molecular flexibility index (Phi) is 4.13. The lowest BCUT2D eigenvalue weighted by Crippen LogP contribution is -2.44. The summed E-state index contributed by atoms with van der Waals surface area (Å²) in [5, 5.41) is 4.29. The molecule has 1 aliphatic rings. The van der Waals surface area contributed by atoms with Gasteiger partial charge in [0, 0.05) is 36.7 Å². The van der Waals surface area contributed by atoms with Gasteiger partial charge in [-0.05, 0) is 36.8 Å². The van der Waals surface area contributed by atoms with Crippen molar-refractivity contribution in [2.75, 3.05) is 19.6 Å². The number of rotatable bonds is 3. The first-order valence-electron chi connectivity index (χ1n) is 7.82. The minimum atomic E-state index is 0.0849. The number of carbonyl (C=O) groups is 1. The molecule has 112 valence electrons. The molecule has 4 nitrogen and oxygen atoms in total. The molecule has 0 radical (unpaired) electrons. The van der Waals surface area contributed by atoms with E-state index in [1.54, 1.807) is 0 Å². The first-order chi connectivity index (χ1) is 10.2. The number of urea groups is 1. The highest BCUT2D eigenvalue weighted by Gasteiger charge is 2.19. The minimum absolute atomic E-state index is 0.0849. The van der Waals surface area contributed by atoms with Crippen LogP contribution in [0.25, 0.3) is 10.9 Å². The Labute approximate surface area is 125 Å². The van der Waals surface area contributed by atoms with Crippen LogP contribution in [0.1, 0.15) is 25.3 Å². The first kappa shape index (κ1) is 14.0. The SMILES string of the molecule is CC1CCN(C(=O)NCCc2c[nH]c3ccccc23)CC1. The van der Waals surface area contributed by atoms with E-state index >= 15 is 0 Å². The molecule has 0 bridgehead atoms. The molecule has 3 rings (SSSR count). The Morgan fingerprint density at radius 3 is 2.90 bits per heavy atom. The van der Waals surface area contributed by atoms with Crippen molar-refractivity contribution in [1.82, 2.24) is 15.2 Å². The van der Waals surface area contributed by atoms with E-state index in [1.165, 1.54) is 10.9 Å². The monoisotopic (exact) mass is 285 g/mol. The van der Waals surface area contributed by atoms with Gasteiger partial charge in [0.15, 0.2) is 0 Å². The quantitative estimate of drug-likeness (QED) is 0.894. The van der Waals surface area contributed by atoms with E-state index in [0.717, 1.165) is 43.8 Å². The molecule has 21 heavy (non-hydrogen) atoms. The van der Waals surface area contributed by atoms with E-state index in [1.807, 2.05) is 23.2 Å². The lowest BCUT2D eigenvalue weighted by molar-refractivity contribution is 0.174. The Morgan fingerprint density at radius 2 is 2.10 bits per heavy atom. The third kappa shape index (κ3) is 3.20. The summed E-state index contributed by atoms with van der Waals surface area (Å²) in [5.74, 6) is 0.750. The summed E-state index contributed by atoms with van der Waals surface area (Å²) in [4.78, 5) is 17.3. The van der Waals surface area contributed by atoms with Crippen molar-refractivity contribution in [3.63, 3.8) is 0 Å². The number of hydrogen-bond acceptors (Lipinski definition) is 1. The summed E-state index contributed by atoms with van der Waals surface area (Å²) in [5.41, 5.74) is 2.42. The summed E-state index contributed by atoms with van der Waals surface area (Å²) in [7, 11) is 0. The van der Waals surface area contributed by atoms with Crippen molar-refractivity contribution in [3.8, 4) is 0 Å². The third-order valence-electron chi connectivity index (χ3n) is 4.42. The summed E-state index contributed by atoms with van der Waals surface area (Å²) >= 11 is 0. The minimum Gasteiger partial charge on any atom is -0.361 e. The number of amides is 2. The Balaban J connectivity index is 1.51. The van der Waals surface area contributed by atoms with Crippen LogP contribution in [-0.4, -0.2) is 35.5 Å². The second kappa shape index (κ2) is 6.20. The van der Waals surface area contributed by atoms with Gasteiger partial charge < -0.3 is 15.2 Å². The van der Waals surface area contributed by atoms with Gasteiger partial charge in [-0.15, -0.1) is 0 Å². The standard InChI is InChI=1S/C17H23N3O/c1-13-7-10-20(11-8-13)17(21)18-9-6-14-12-19-16-5-3-2-4-15(14)16/h2-5,12-13,19H,6-11H2,1H3,(H,18,21). The molecule has 1 fully saturated rings. The molecular weight excluding hydrogens is 262 g/mol. The van der Waals surface area contributed by atoms with Crippen LogP contribution in [-0.2, 0) is 6.42 Å². The molecule has 0 atom stereocenters. The van der Waals surface area contributed by atoms with Crippen molar-refractivity contribution >= 4 is 16.9 Å². The zero-order valence-electron chi connectivity index (χ0n) is 12.6. The van der Waals surface area contributed by atoms with Crippen LogP contribution in [0.4, 0.5) is 4.79 Å². The number of carbonyl (C=O) groups excluding carboxylic acids is 1. The van der Waals surface area contributed by atoms with Crippen molar-refractivity contribution in [2.24, 2.45) is 5.92 Å². The maximum Gasteiger partial charge on any atom is 0.317 e. The number of fused-ring (bicyclic) bond motifs is 1. The molecule has 0 spiro atoms. The van der Waals surface area contributed by atoms with E-state index in [0.29, 0.717) is 6.54 Å². The van der Waals surface area contributed by atoms with Crippen LogP contribution in [0, 0.1) is 5.92 Å². The fraction of sp³-hybridized carbons (Fsp3) is 0.471. The summed E-state index contributed by atoms with van der Waals surface area (Å²) in [6, 6.07) is 8.36. The topological polar surface area (TPSA) is 48.1 Å². The fourth-order valence-corrected chi connectivity index (χ4v) is 2.97. The van der Waals surface area contributed by atoms with Crippen LogP contribution >= 0.6 is 0 Å². The van der Waals surface area contributed by atoms with Crippen LogP contribution in [0.3, 0.4) is 0 Å². The molecule has 2 N–H and O–H groups in total. The number of likely N-dealkylation sites (tertiary alicyclic amines) is 1. The van der Waals surface area contributed by atoms with Crippen LogP contribution < -0.4 is 5.32 Å². The zero-order chi connectivity index (χ0) is 14.7. The zero-order valence-corrected chi connectivity index (χ0v) is 12.6. The second-order valence-corrected chi connectivity index (χ2v) is 6.01. The Morgan fingerprint density at radius 1 is 1.33 bits per heavy atom. The Bertz CT molecular complexity index is 611. The maximum absolute atomic E-state index is 12.1. The molecule has 4 heteroatoms. The highest BCUT2D eigenvalue weighted by molar-refractivity contribution is 5.83. The molecule has 1 saturated heterocycles. The molecule has 1 aromatic heterocycles. The van der Waals surface area contributed by atoms with E-state index in [-0.39, 0.29) is 6.03 Å². The van der Waals surface area contributed by atoms with Gasteiger partial charge in [-0.25, -0.2) is 4.79 Å². The molecule has 0 unspecified atom stereocenters. The number of H-pyrrole nitrogens is 1. The number of hydrogen-bond donors (Lipinski definition) is 2. The molecule has 2 heterocycles. The molecular formula is C17H23N3O. The normalized spacial score (nSPS) is 16.3. The van der Waals surface area contributed by atoms with Gasteiger partial charge >= 0.3 is 6.03 Å². The van der Waals surface area contributed by atoms with Crippen molar-refractivity contribution in [1.29, 1.82) is 0 Å². The highest BCUT2D eigenvalue weighted by atomic mass is 16.2. The van der Waals surface area contributed by atoms with E-state index < -0.39 is 0 Å². The van der Waals surface area contributed by atoms with Gasteiger partial charge in [0.25, 0.3) is 0 Å². The van der Waals surface area contributed by atoms with Gasteiger partial charge in [-0.3, -0.25) is 0 Å². The molecule has 0 aliphatic carbocycles. The Hall–Kier alpha value is -1.97. The number of benzene rings is 1.